The third-order valence-electron chi connectivity index (χ3n) is 4.08. The summed E-state index contributed by atoms with van der Waals surface area (Å²) in [5, 5.41) is 0. The molecule has 2 rings (SSSR count). The van der Waals surface area contributed by atoms with Crippen LogP contribution in [0.4, 0.5) is 4.39 Å². The van der Waals surface area contributed by atoms with Gasteiger partial charge in [0, 0.05) is 5.54 Å². The van der Waals surface area contributed by atoms with Gasteiger partial charge in [-0.3, -0.25) is 0 Å². The number of halogens is 1. The molecule has 0 aromatic heterocycles. The predicted octanol–water partition coefficient (Wildman–Crippen LogP) is 4.24. The van der Waals surface area contributed by atoms with Crippen molar-refractivity contribution in [2.75, 3.05) is 0 Å². The van der Waals surface area contributed by atoms with Crippen molar-refractivity contribution >= 4 is 0 Å². The van der Waals surface area contributed by atoms with Gasteiger partial charge < -0.3 is 5.73 Å². The van der Waals surface area contributed by atoms with Crippen LogP contribution in [0.1, 0.15) is 64.0 Å². The topological polar surface area (TPSA) is 26.0 Å². The smallest absolute Gasteiger partial charge is 0.123 e. The molecular weight excluding hydrogens is 225 g/mol. The van der Waals surface area contributed by atoms with Gasteiger partial charge in [-0.1, -0.05) is 46.1 Å². The molecule has 0 amide bonds. The maximum atomic E-state index is 13.8. The highest BCUT2D eigenvalue weighted by molar-refractivity contribution is 5.34. The number of nitrogens with two attached hydrogens (primary N) is 1. The van der Waals surface area contributed by atoms with E-state index in [2.05, 4.69) is 26.8 Å². The summed E-state index contributed by atoms with van der Waals surface area (Å²) >= 11 is 0. The lowest BCUT2D eigenvalue weighted by molar-refractivity contribution is 0.301. The Balaban J connectivity index is 2.41. The van der Waals surface area contributed by atoms with Crippen molar-refractivity contribution < 1.29 is 4.39 Å². The van der Waals surface area contributed by atoms with Crippen LogP contribution in [0.25, 0.3) is 0 Å². The Hall–Kier alpha value is -0.890. The van der Waals surface area contributed by atoms with E-state index in [0.29, 0.717) is 0 Å². The lowest BCUT2D eigenvalue weighted by Crippen LogP contribution is -2.39. The van der Waals surface area contributed by atoms with Gasteiger partial charge in [0.2, 0.25) is 0 Å². The summed E-state index contributed by atoms with van der Waals surface area (Å²) in [6, 6.07) is 5.37. The standard InChI is InChI=1S/C16H24FN/c1-15(2,3)12-9-13(11-14(17)10-12)16(18)7-5-4-6-8-16/h9-11H,4-8,18H2,1-3H3. The minimum absolute atomic E-state index is 0.0398. The van der Waals surface area contributed by atoms with E-state index in [1.807, 2.05) is 0 Å². The highest BCUT2D eigenvalue weighted by Gasteiger charge is 2.30. The van der Waals surface area contributed by atoms with Crippen molar-refractivity contribution in [2.24, 2.45) is 5.73 Å². The Labute approximate surface area is 110 Å². The maximum Gasteiger partial charge on any atom is 0.123 e. The van der Waals surface area contributed by atoms with Crippen molar-refractivity contribution in [3.8, 4) is 0 Å². The molecule has 0 atom stereocenters. The van der Waals surface area contributed by atoms with Crippen LogP contribution >= 0.6 is 0 Å². The normalized spacial score (nSPS) is 19.8. The monoisotopic (exact) mass is 249 g/mol. The molecule has 0 bridgehead atoms. The molecule has 1 saturated carbocycles. The summed E-state index contributed by atoms with van der Waals surface area (Å²) in [5.74, 6) is -0.159. The summed E-state index contributed by atoms with van der Waals surface area (Å²) < 4.78 is 13.8. The van der Waals surface area contributed by atoms with Crippen LogP contribution < -0.4 is 5.73 Å². The van der Waals surface area contributed by atoms with Crippen molar-refractivity contribution in [3.05, 3.63) is 35.1 Å². The Bertz CT molecular complexity index is 425. The summed E-state index contributed by atoms with van der Waals surface area (Å²) in [4.78, 5) is 0. The number of hydrogen-bond donors (Lipinski definition) is 1. The molecule has 1 aliphatic carbocycles. The Morgan fingerprint density at radius 3 is 2.22 bits per heavy atom. The molecule has 1 fully saturated rings. The first-order valence-electron chi connectivity index (χ1n) is 6.92. The van der Waals surface area contributed by atoms with E-state index in [0.717, 1.165) is 36.8 Å². The van der Waals surface area contributed by atoms with E-state index in [1.165, 1.54) is 6.42 Å². The van der Waals surface area contributed by atoms with E-state index in [1.54, 1.807) is 12.1 Å². The molecular formula is C16H24FN. The Morgan fingerprint density at radius 1 is 1.06 bits per heavy atom. The van der Waals surface area contributed by atoms with Gasteiger partial charge in [0.25, 0.3) is 0 Å². The second-order valence-electron chi connectivity index (χ2n) is 6.70. The SMILES string of the molecule is CC(C)(C)c1cc(F)cc(C2(N)CCCCC2)c1. The first-order valence-corrected chi connectivity index (χ1v) is 6.92. The minimum atomic E-state index is -0.319. The van der Waals surface area contributed by atoms with Gasteiger partial charge >= 0.3 is 0 Å². The molecule has 0 radical (unpaired) electrons. The van der Waals surface area contributed by atoms with Crippen LogP contribution in [0.15, 0.2) is 18.2 Å². The molecule has 1 aliphatic rings. The van der Waals surface area contributed by atoms with Crippen LogP contribution in [0.5, 0.6) is 0 Å². The van der Waals surface area contributed by atoms with E-state index in [-0.39, 0.29) is 16.8 Å². The molecule has 1 nitrogen and oxygen atoms in total. The highest BCUT2D eigenvalue weighted by atomic mass is 19.1. The summed E-state index contributed by atoms with van der Waals surface area (Å²) in [5.41, 5.74) is 8.15. The second kappa shape index (κ2) is 4.65. The van der Waals surface area contributed by atoms with Crippen molar-refractivity contribution in [2.45, 2.75) is 63.8 Å². The predicted molar refractivity (Wildman–Crippen MR) is 74.1 cm³/mol. The zero-order valence-corrected chi connectivity index (χ0v) is 11.7. The molecule has 2 N–H and O–H groups in total. The molecule has 18 heavy (non-hydrogen) atoms. The van der Waals surface area contributed by atoms with Crippen molar-refractivity contribution in [3.63, 3.8) is 0 Å². The Morgan fingerprint density at radius 2 is 1.67 bits per heavy atom. The van der Waals surface area contributed by atoms with Gasteiger partial charge in [0.05, 0.1) is 0 Å². The van der Waals surface area contributed by atoms with Gasteiger partial charge in [-0.2, -0.15) is 0 Å². The summed E-state index contributed by atoms with van der Waals surface area (Å²) in [6.45, 7) is 6.32. The van der Waals surface area contributed by atoms with Crippen LogP contribution in [0.3, 0.4) is 0 Å². The maximum absolute atomic E-state index is 13.8. The van der Waals surface area contributed by atoms with Gasteiger partial charge in [0.1, 0.15) is 5.82 Å². The van der Waals surface area contributed by atoms with Gasteiger partial charge in [-0.05, 0) is 41.5 Å². The molecule has 0 saturated heterocycles. The minimum Gasteiger partial charge on any atom is -0.321 e. The zero-order valence-electron chi connectivity index (χ0n) is 11.7. The van der Waals surface area contributed by atoms with Gasteiger partial charge in [-0.25, -0.2) is 4.39 Å². The molecule has 0 aliphatic heterocycles. The molecule has 0 unspecified atom stereocenters. The molecule has 2 heteroatoms. The van der Waals surface area contributed by atoms with Crippen LogP contribution in [0.2, 0.25) is 0 Å². The third kappa shape index (κ3) is 2.74. The number of rotatable bonds is 1. The fourth-order valence-electron chi connectivity index (χ4n) is 2.78. The fourth-order valence-corrected chi connectivity index (χ4v) is 2.78. The largest absolute Gasteiger partial charge is 0.321 e. The number of benzene rings is 1. The first kappa shape index (κ1) is 13.5. The average molecular weight is 249 g/mol. The molecule has 0 spiro atoms. The second-order valence-corrected chi connectivity index (χ2v) is 6.70. The van der Waals surface area contributed by atoms with Crippen LogP contribution in [-0.2, 0) is 11.0 Å². The average Bonchev–Trinajstić information content (AvgIpc) is 2.28. The molecule has 0 heterocycles. The number of hydrogen-bond acceptors (Lipinski definition) is 1. The van der Waals surface area contributed by atoms with Crippen molar-refractivity contribution in [1.29, 1.82) is 0 Å². The molecule has 1 aromatic carbocycles. The van der Waals surface area contributed by atoms with Gasteiger partial charge in [-0.15, -0.1) is 0 Å². The lowest BCUT2D eigenvalue weighted by atomic mass is 9.75. The van der Waals surface area contributed by atoms with Crippen molar-refractivity contribution in [1.82, 2.24) is 0 Å². The summed E-state index contributed by atoms with van der Waals surface area (Å²) in [7, 11) is 0. The molecule has 1 aromatic rings. The van der Waals surface area contributed by atoms with Gasteiger partial charge in [0.15, 0.2) is 0 Å². The first-order chi connectivity index (χ1) is 8.31. The molecule has 100 valence electrons. The lowest BCUT2D eigenvalue weighted by Gasteiger charge is -2.35. The van der Waals surface area contributed by atoms with Crippen LogP contribution in [0, 0.1) is 5.82 Å². The summed E-state index contributed by atoms with van der Waals surface area (Å²) in [6.07, 6.45) is 5.50. The highest BCUT2D eigenvalue weighted by Crippen LogP contribution is 2.36. The van der Waals surface area contributed by atoms with E-state index in [4.69, 9.17) is 5.73 Å². The van der Waals surface area contributed by atoms with E-state index in [9.17, 15) is 4.39 Å². The third-order valence-corrected chi connectivity index (χ3v) is 4.08. The van der Waals surface area contributed by atoms with E-state index < -0.39 is 0 Å². The zero-order chi connectivity index (χ0) is 13.4. The quantitative estimate of drug-likeness (QED) is 0.791. The van der Waals surface area contributed by atoms with E-state index >= 15 is 0 Å². The fraction of sp³-hybridized carbons (Fsp3) is 0.625. The van der Waals surface area contributed by atoms with Crippen LogP contribution in [-0.4, -0.2) is 0 Å². The Kier molecular flexibility index (Phi) is 3.50.